The van der Waals surface area contributed by atoms with Crippen LogP contribution in [0.2, 0.25) is 5.02 Å². The number of nitrogens with zero attached hydrogens (tertiary/aromatic N) is 2. The third kappa shape index (κ3) is 4.39. The van der Waals surface area contributed by atoms with Crippen molar-refractivity contribution >= 4 is 17.3 Å². The molecule has 1 saturated heterocycles. The molecule has 0 bridgehead atoms. The van der Waals surface area contributed by atoms with Crippen molar-refractivity contribution in [2.45, 2.75) is 37.3 Å². The molecule has 0 radical (unpaired) electrons. The van der Waals surface area contributed by atoms with Crippen molar-refractivity contribution in [2.24, 2.45) is 5.73 Å². The van der Waals surface area contributed by atoms with E-state index in [2.05, 4.69) is 22.2 Å². The summed E-state index contributed by atoms with van der Waals surface area (Å²) in [7, 11) is 2.17. The average Bonchev–Trinajstić information content (AvgIpc) is 2.53. The monoisotopic (exact) mass is 354 g/mol. The van der Waals surface area contributed by atoms with Crippen molar-refractivity contribution in [2.75, 3.05) is 45.1 Å². The Morgan fingerprint density at radius 1 is 1.33 bits per heavy atom. The smallest absolute Gasteiger partial charge is 0.141 e. The molecule has 1 aliphatic carbocycles. The van der Waals surface area contributed by atoms with Gasteiger partial charge in [-0.25, -0.2) is 4.39 Å². The Morgan fingerprint density at radius 3 is 2.75 bits per heavy atom. The van der Waals surface area contributed by atoms with Gasteiger partial charge in [0.2, 0.25) is 0 Å². The molecule has 2 unspecified atom stereocenters. The number of halogens is 2. The van der Waals surface area contributed by atoms with Gasteiger partial charge in [0.1, 0.15) is 5.82 Å². The fourth-order valence-electron chi connectivity index (χ4n) is 4.02. The number of piperazine rings is 1. The maximum atomic E-state index is 13.5. The molecule has 2 atom stereocenters. The molecule has 0 aromatic heterocycles. The number of rotatable bonds is 4. The maximum Gasteiger partial charge on any atom is 0.141 e. The molecule has 6 heteroatoms. The zero-order valence-electron chi connectivity index (χ0n) is 14.4. The average molecular weight is 355 g/mol. The van der Waals surface area contributed by atoms with Gasteiger partial charge in [0.05, 0.1) is 10.6 Å². The number of hydrogen-bond donors (Lipinski definition) is 2. The molecule has 0 amide bonds. The van der Waals surface area contributed by atoms with E-state index in [0.29, 0.717) is 0 Å². The first kappa shape index (κ1) is 17.9. The normalized spacial score (nSPS) is 29.6. The van der Waals surface area contributed by atoms with Crippen molar-refractivity contribution in [3.8, 4) is 0 Å². The summed E-state index contributed by atoms with van der Waals surface area (Å²) in [5.41, 5.74) is 7.11. The van der Waals surface area contributed by atoms with Gasteiger partial charge < -0.3 is 16.0 Å². The van der Waals surface area contributed by atoms with E-state index in [0.717, 1.165) is 64.1 Å². The largest absolute Gasteiger partial charge is 0.378 e. The third-order valence-corrected chi connectivity index (χ3v) is 5.62. The maximum absolute atomic E-state index is 13.5. The minimum atomic E-state index is -0.379. The van der Waals surface area contributed by atoms with Crippen LogP contribution in [-0.2, 0) is 0 Å². The van der Waals surface area contributed by atoms with E-state index in [9.17, 15) is 4.39 Å². The summed E-state index contributed by atoms with van der Waals surface area (Å²) in [4.78, 5) is 4.89. The van der Waals surface area contributed by atoms with Crippen LogP contribution in [0.25, 0.3) is 0 Å². The van der Waals surface area contributed by atoms with Crippen LogP contribution in [-0.4, -0.2) is 61.2 Å². The summed E-state index contributed by atoms with van der Waals surface area (Å²) in [6.45, 7) is 5.34. The molecule has 4 nitrogen and oxygen atoms in total. The van der Waals surface area contributed by atoms with Crippen LogP contribution >= 0.6 is 11.6 Å². The number of hydrogen-bond acceptors (Lipinski definition) is 4. The molecular formula is C18H28ClFN4. The fraction of sp³-hybridized carbons (Fsp3) is 0.667. The number of nitrogens with one attached hydrogen (secondary N) is 1. The van der Waals surface area contributed by atoms with E-state index in [1.165, 1.54) is 6.07 Å². The van der Waals surface area contributed by atoms with E-state index in [1.807, 2.05) is 0 Å². The summed E-state index contributed by atoms with van der Waals surface area (Å²) >= 11 is 5.96. The van der Waals surface area contributed by atoms with Gasteiger partial charge in [-0.15, -0.1) is 0 Å². The number of benzene rings is 1. The standard InChI is InChI=1S/C18H28ClFN4/c1-23-7-9-24(10-8-23)13-18(6-2-3-14(21)12-18)22-15-4-5-17(20)16(19)11-15/h4-5,11,14,22H,2-3,6-10,12-13,21H2,1H3. The summed E-state index contributed by atoms with van der Waals surface area (Å²) < 4.78 is 13.5. The molecule has 0 spiro atoms. The van der Waals surface area contributed by atoms with Crippen LogP contribution < -0.4 is 11.1 Å². The second-order valence-corrected chi connectivity index (χ2v) is 7.88. The number of anilines is 1. The molecule has 3 N–H and O–H groups in total. The molecule has 1 heterocycles. The molecule has 2 aliphatic rings. The quantitative estimate of drug-likeness (QED) is 0.872. The second-order valence-electron chi connectivity index (χ2n) is 7.47. The lowest BCUT2D eigenvalue weighted by molar-refractivity contribution is 0.116. The van der Waals surface area contributed by atoms with Gasteiger partial charge in [0.15, 0.2) is 0 Å². The Kier molecular flexibility index (Phi) is 5.65. The molecule has 1 aromatic carbocycles. The Labute approximate surface area is 149 Å². The van der Waals surface area contributed by atoms with Crippen LogP contribution in [0.15, 0.2) is 18.2 Å². The molecule has 2 fully saturated rings. The van der Waals surface area contributed by atoms with Crippen molar-refractivity contribution in [1.29, 1.82) is 0 Å². The van der Waals surface area contributed by atoms with Crippen LogP contribution in [0, 0.1) is 5.82 Å². The second kappa shape index (κ2) is 7.56. The first-order chi connectivity index (χ1) is 11.5. The van der Waals surface area contributed by atoms with Gasteiger partial charge in [0, 0.05) is 44.5 Å². The van der Waals surface area contributed by atoms with Crippen molar-refractivity contribution in [3.05, 3.63) is 29.0 Å². The lowest BCUT2D eigenvalue weighted by atomic mass is 9.78. The highest BCUT2D eigenvalue weighted by molar-refractivity contribution is 6.31. The minimum Gasteiger partial charge on any atom is -0.378 e. The van der Waals surface area contributed by atoms with Crippen molar-refractivity contribution in [3.63, 3.8) is 0 Å². The first-order valence-electron chi connectivity index (χ1n) is 8.85. The van der Waals surface area contributed by atoms with E-state index >= 15 is 0 Å². The van der Waals surface area contributed by atoms with Crippen LogP contribution in [0.5, 0.6) is 0 Å². The molecular weight excluding hydrogens is 327 g/mol. The highest BCUT2D eigenvalue weighted by Gasteiger charge is 2.37. The summed E-state index contributed by atoms with van der Waals surface area (Å²) in [6.07, 6.45) is 4.23. The third-order valence-electron chi connectivity index (χ3n) is 5.33. The Morgan fingerprint density at radius 2 is 2.08 bits per heavy atom. The SMILES string of the molecule is CN1CCN(CC2(Nc3ccc(F)c(Cl)c3)CCCC(N)C2)CC1. The fourth-order valence-corrected chi connectivity index (χ4v) is 4.20. The minimum absolute atomic E-state index is 0.0608. The van der Waals surface area contributed by atoms with E-state index in [4.69, 9.17) is 17.3 Å². The molecule has 1 aromatic rings. The predicted molar refractivity (Wildman–Crippen MR) is 98.1 cm³/mol. The number of likely N-dealkylation sites (N-methyl/N-ethyl adjacent to an activating group) is 1. The van der Waals surface area contributed by atoms with Gasteiger partial charge in [0.25, 0.3) is 0 Å². The van der Waals surface area contributed by atoms with Gasteiger partial charge in [-0.1, -0.05) is 11.6 Å². The Bertz CT molecular complexity index is 562. The lowest BCUT2D eigenvalue weighted by Crippen LogP contribution is -2.57. The zero-order valence-corrected chi connectivity index (χ0v) is 15.2. The highest BCUT2D eigenvalue weighted by atomic mass is 35.5. The highest BCUT2D eigenvalue weighted by Crippen LogP contribution is 2.33. The lowest BCUT2D eigenvalue weighted by Gasteiger charge is -2.46. The van der Waals surface area contributed by atoms with Crippen LogP contribution in [0.1, 0.15) is 25.7 Å². The topological polar surface area (TPSA) is 44.5 Å². The molecule has 24 heavy (non-hydrogen) atoms. The Hall–Kier alpha value is -0.880. The van der Waals surface area contributed by atoms with Gasteiger partial charge in [-0.05, 0) is 50.9 Å². The van der Waals surface area contributed by atoms with E-state index in [-0.39, 0.29) is 22.4 Å². The van der Waals surface area contributed by atoms with Gasteiger partial charge in [-0.3, -0.25) is 4.90 Å². The van der Waals surface area contributed by atoms with E-state index in [1.54, 1.807) is 12.1 Å². The van der Waals surface area contributed by atoms with E-state index < -0.39 is 0 Å². The van der Waals surface area contributed by atoms with Crippen molar-refractivity contribution < 1.29 is 4.39 Å². The molecule has 1 saturated carbocycles. The summed E-state index contributed by atoms with van der Waals surface area (Å²) in [5, 5.41) is 3.83. The zero-order chi connectivity index (χ0) is 17.2. The molecule has 1 aliphatic heterocycles. The van der Waals surface area contributed by atoms with Crippen molar-refractivity contribution in [1.82, 2.24) is 9.80 Å². The molecule has 134 valence electrons. The first-order valence-corrected chi connectivity index (χ1v) is 9.23. The number of nitrogens with two attached hydrogens (primary N) is 1. The molecule has 3 rings (SSSR count). The van der Waals surface area contributed by atoms with Crippen LogP contribution in [0.3, 0.4) is 0 Å². The van der Waals surface area contributed by atoms with Gasteiger partial charge in [-0.2, -0.15) is 0 Å². The van der Waals surface area contributed by atoms with Gasteiger partial charge >= 0.3 is 0 Å². The summed E-state index contributed by atoms with van der Waals surface area (Å²) in [6, 6.07) is 5.10. The Balaban J connectivity index is 1.75. The predicted octanol–water partition coefficient (Wildman–Crippen LogP) is 2.78. The summed E-state index contributed by atoms with van der Waals surface area (Å²) in [5.74, 6) is -0.379. The van der Waals surface area contributed by atoms with Crippen LogP contribution in [0.4, 0.5) is 10.1 Å².